The highest BCUT2D eigenvalue weighted by Crippen LogP contribution is 2.29. The van der Waals surface area contributed by atoms with Gasteiger partial charge < -0.3 is 20.9 Å². The van der Waals surface area contributed by atoms with Gasteiger partial charge in [0.2, 0.25) is 0 Å². The van der Waals surface area contributed by atoms with Crippen molar-refractivity contribution in [3.8, 4) is 0 Å². The average molecular weight is 513 g/mol. The van der Waals surface area contributed by atoms with Crippen LogP contribution in [0.5, 0.6) is 0 Å². The highest BCUT2D eigenvalue weighted by molar-refractivity contribution is 7.10. The van der Waals surface area contributed by atoms with Crippen molar-refractivity contribution in [3.05, 3.63) is 52.9 Å². The van der Waals surface area contributed by atoms with Crippen molar-refractivity contribution in [2.45, 2.75) is 25.8 Å². The fourth-order valence-corrected chi connectivity index (χ4v) is 5.38. The third-order valence-electron chi connectivity index (χ3n) is 6.19. The molecule has 2 saturated heterocycles. The van der Waals surface area contributed by atoms with Crippen molar-refractivity contribution in [2.24, 2.45) is 5.73 Å². The monoisotopic (exact) mass is 512 g/mol. The van der Waals surface area contributed by atoms with Crippen LogP contribution in [0.4, 0.5) is 27.1 Å². The van der Waals surface area contributed by atoms with Gasteiger partial charge in [0, 0.05) is 36.9 Å². The largest absolute Gasteiger partial charge is 0.364 e. The number of rotatable bonds is 6. The summed E-state index contributed by atoms with van der Waals surface area (Å²) in [5.74, 6) is 0.264. The number of hydrogen-bond donors (Lipinski definition) is 2. The van der Waals surface area contributed by atoms with E-state index in [1.165, 1.54) is 11.5 Å². The third kappa shape index (κ3) is 4.87. The minimum absolute atomic E-state index is 0.0165. The first-order valence-electron chi connectivity index (χ1n) is 11.3. The van der Waals surface area contributed by atoms with Crippen LogP contribution in [0.2, 0.25) is 5.02 Å². The molecule has 2 aliphatic rings. The molecule has 12 heteroatoms. The summed E-state index contributed by atoms with van der Waals surface area (Å²) < 4.78 is 4.25. The van der Waals surface area contributed by atoms with Gasteiger partial charge >= 0.3 is 6.03 Å². The molecule has 1 aromatic carbocycles. The van der Waals surface area contributed by atoms with Crippen molar-refractivity contribution in [2.75, 3.05) is 41.3 Å². The summed E-state index contributed by atoms with van der Waals surface area (Å²) in [6.45, 7) is 4.55. The normalized spacial score (nSPS) is 18.3. The summed E-state index contributed by atoms with van der Waals surface area (Å²) in [5.41, 5.74) is 7.27. The quantitative estimate of drug-likeness (QED) is 0.517. The molecular formula is C23H25ClN8O2S. The molecular weight excluding hydrogens is 488 g/mol. The number of halogens is 1. The van der Waals surface area contributed by atoms with Gasteiger partial charge in [0.1, 0.15) is 10.8 Å². The van der Waals surface area contributed by atoms with Crippen LogP contribution >= 0.6 is 23.1 Å². The fourth-order valence-electron chi connectivity index (χ4n) is 4.53. The van der Waals surface area contributed by atoms with Crippen LogP contribution in [-0.4, -0.2) is 63.4 Å². The van der Waals surface area contributed by atoms with Gasteiger partial charge in [0.25, 0.3) is 5.91 Å². The number of anilines is 4. The molecule has 3 aromatic rings. The van der Waals surface area contributed by atoms with Crippen LogP contribution in [0.3, 0.4) is 0 Å². The van der Waals surface area contributed by atoms with E-state index in [-0.39, 0.29) is 17.8 Å². The number of urea groups is 1. The summed E-state index contributed by atoms with van der Waals surface area (Å²) in [6, 6.07) is 9.25. The van der Waals surface area contributed by atoms with Crippen molar-refractivity contribution in [1.82, 2.24) is 19.2 Å². The number of nitrogens with two attached hydrogens (primary N) is 1. The highest BCUT2D eigenvalue weighted by Gasteiger charge is 2.37. The van der Waals surface area contributed by atoms with Gasteiger partial charge in [-0.2, -0.15) is 4.37 Å². The van der Waals surface area contributed by atoms with E-state index in [4.69, 9.17) is 17.3 Å². The second kappa shape index (κ2) is 9.67. The van der Waals surface area contributed by atoms with Crippen LogP contribution < -0.4 is 20.9 Å². The number of hydrogen-bond acceptors (Lipinski definition) is 8. The number of aryl methyl sites for hydroxylation is 1. The molecule has 0 radical (unpaired) electrons. The molecule has 0 saturated carbocycles. The second-order valence-electron chi connectivity index (χ2n) is 8.60. The first-order valence-corrected chi connectivity index (χ1v) is 12.5. The molecule has 35 heavy (non-hydrogen) atoms. The van der Waals surface area contributed by atoms with Crippen LogP contribution in [0.15, 0.2) is 36.5 Å². The van der Waals surface area contributed by atoms with Crippen LogP contribution in [-0.2, 0) is 0 Å². The van der Waals surface area contributed by atoms with Crippen LogP contribution in [0.25, 0.3) is 0 Å². The minimum Gasteiger partial charge on any atom is -0.364 e. The smallest absolute Gasteiger partial charge is 0.324 e. The lowest BCUT2D eigenvalue weighted by molar-refractivity contribution is 0.0996. The van der Waals surface area contributed by atoms with E-state index >= 15 is 0 Å². The lowest BCUT2D eigenvalue weighted by atomic mass is 10.0. The summed E-state index contributed by atoms with van der Waals surface area (Å²) in [4.78, 5) is 39.9. The highest BCUT2D eigenvalue weighted by atomic mass is 35.5. The third-order valence-corrected chi connectivity index (χ3v) is 7.22. The molecule has 0 spiro atoms. The predicted molar refractivity (Wildman–Crippen MR) is 137 cm³/mol. The molecule has 3 N–H and O–H groups in total. The van der Waals surface area contributed by atoms with Gasteiger partial charge in [-0.25, -0.2) is 14.8 Å². The van der Waals surface area contributed by atoms with Gasteiger partial charge in [0.05, 0.1) is 17.9 Å². The Kier molecular flexibility index (Phi) is 6.44. The molecule has 4 heterocycles. The molecule has 2 aliphatic heterocycles. The standard InChI is InChI=1S/C23H25ClN8O2S/c1-14-10-19(35-29-14)28-22-20(21(25)33)26-12-18(27-22)30-7-3-6-17(13-30)32-9-8-31(23(32)34)16-5-2-4-15(24)11-16/h2,4-5,10-12,17H,3,6-9,13H2,1H3,(H2,25,33)(H,27,28). The second-order valence-corrected chi connectivity index (χ2v) is 9.84. The molecule has 182 valence electrons. The SMILES string of the molecule is Cc1cc(Nc2nc(N3CCCC(N4CCN(c5cccc(Cl)c5)C4=O)C3)cnc2C(N)=O)sn1. The molecule has 1 atom stereocenters. The number of nitrogens with one attached hydrogen (secondary N) is 1. The zero-order chi connectivity index (χ0) is 24.5. The summed E-state index contributed by atoms with van der Waals surface area (Å²) >= 11 is 7.40. The van der Waals surface area contributed by atoms with E-state index in [2.05, 4.69) is 24.6 Å². The van der Waals surface area contributed by atoms with Gasteiger partial charge in [-0.05, 0) is 55.6 Å². The van der Waals surface area contributed by atoms with Crippen molar-refractivity contribution >= 4 is 57.4 Å². The molecule has 3 amide bonds. The van der Waals surface area contributed by atoms with Gasteiger partial charge in [0.15, 0.2) is 11.5 Å². The first-order chi connectivity index (χ1) is 16.9. The van der Waals surface area contributed by atoms with E-state index in [0.29, 0.717) is 36.3 Å². The summed E-state index contributed by atoms with van der Waals surface area (Å²) in [6.07, 6.45) is 3.38. The van der Waals surface area contributed by atoms with E-state index in [9.17, 15) is 9.59 Å². The zero-order valence-electron chi connectivity index (χ0n) is 19.1. The van der Waals surface area contributed by atoms with E-state index in [1.54, 1.807) is 17.2 Å². The van der Waals surface area contributed by atoms with Gasteiger partial charge in [-0.3, -0.25) is 9.69 Å². The van der Waals surface area contributed by atoms with Crippen molar-refractivity contribution in [3.63, 3.8) is 0 Å². The van der Waals surface area contributed by atoms with E-state index in [0.717, 1.165) is 35.8 Å². The van der Waals surface area contributed by atoms with Crippen molar-refractivity contribution in [1.29, 1.82) is 0 Å². The lowest BCUT2D eigenvalue weighted by Gasteiger charge is -2.38. The number of piperidine rings is 1. The molecule has 5 rings (SSSR count). The number of aromatic nitrogens is 3. The maximum Gasteiger partial charge on any atom is 0.324 e. The maximum atomic E-state index is 13.2. The topological polar surface area (TPSA) is 121 Å². The summed E-state index contributed by atoms with van der Waals surface area (Å²) in [5, 5.41) is 4.48. The number of carbonyl (C=O) groups is 2. The van der Waals surface area contributed by atoms with Crippen molar-refractivity contribution < 1.29 is 9.59 Å². The minimum atomic E-state index is -0.659. The first kappa shape index (κ1) is 23.3. The molecule has 0 bridgehead atoms. The molecule has 1 unspecified atom stereocenters. The average Bonchev–Trinajstić information content (AvgIpc) is 3.43. The van der Waals surface area contributed by atoms with E-state index in [1.807, 2.05) is 36.1 Å². The Labute approximate surface area is 211 Å². The molecule has 0 aliphatic carbocycles. The number of benzene rings is 1. The maximum absolute atomic E-state index is 13.2. The Bertz CT molecular complexity index is 1270. The number of carbonyl (C=O) groups excluding carboxylic acids is 2. The Morgan fingerprint density at radius 3 is 2.86 bits per heavy atom. The number of nitrogens with zero attached hydrogens (tertiary/aromatic N) is 6. The predicted octanol–water partition coefficient (Wildman–Crippen LogP) is 3.65. The molecule has 2 aromatic heterocycles. The van der Waals surface area contributed by atoms with Gasteiger partial charge in [-0.1, -0.05) is 17.7 Å². The number of primary amides is 1. The fraction of sp³-hybridized carbons (Fsp3) is 0.348. The summed E-state index contributed by atoms with van der Waals surface area (Å²) in [7, 11) is 0. The lowest BCUT2D eigenvalue weighted by Crippen LogP contribution is -2.49. The Morgan fingerprint density at radius 2 is 2.11 bits per heavy atom. The molecule has 10 nitrogen and oxygen atoms in total. The Hall–Kier alpha value is -3.44. The van der Waals surface area contributed by atoms with Crippen LogP contribution in [0.1, 0.15) is 29.0 Å². The molecule has 2 fully saturated rings. The number of amides is 3. The zero-order valence-corrected chi connectivity index (χ0v) is 20.7. The van der Waals surface area contributed by atoms with Gasteiger partial charge in [-0.15, -0.1) is 0 Å². The van der Waals surface area contributed by atoms with E-state index < -0.39 is 5.91 Å². The van der Waals surface area contributed by atoms with Crippen LogP contribution in [0, 0.1) is 6.92 Å². The Morgan fingerprint density at radius 1 is 1.26 bits per heavy atom. The Balaban J connectivity index is 1.34.